The molecule has 1 saturated carbocycles. The first-order valence-corrected chi connectivity index (χ1v) is 6.94. The van der Waals surface area contributed by atoms with Crippen LogP contribution in [-0.2, 0) is 11.2 Å². The molecule has 0 radical (unpaired) electrons. The van der Waals surface area contributed by atoms with Gasteiger partial charge in [-0.3, -0.25) is 4.79 Å². The van der Waals surface area contributed by atoms with Gasteiger partial charge in [-0.05, 0) is 30.9 Å². The highest BCUT2D eigenvalue weighted by Crippen LogP contribution is 2.23. The zero-order valence-corrected chi connectivity index (χ0v) is 11.3. The van der Waals surface area contributed by atoms with Crippen molar-refractivity contribution < 1.29 is 14.7 Å². The summed E-state index contributed by atoms with van der Waals surface area (Å²) in [7, 11) is 0. The average Bonchev–Trinajstić information content (AvgIpc) is 2.85. The Morgan fingerprint density at radius 3 is 2.70 bits per heavy atom. The molecule has 1 amide bonds. The van der Waals surface area contributed by atoms with Crippen molar-refractivity contribution in [2.24, 2.45) is 11.7 Å². The summed E-state index contributed by atoms with van der Waals surface area (Å²) < 4.78 is 0. The minimum Gasteiger partial charge on any atom is -0.478 e. The molecule has 5 nitrogen and oxygen atoms in total. The second-order valence-electron chi connectivity index (χ2n) is 5.20. The van der Waals surface area contributed by atoms with Gasteiger partial charge in [0.1, 0.15) is 0 Å². The van der Waals surface area contributed by atoms with Crippen LogP contribution < -0.4 is 11.1 Å². The van der Waals surface area contributed by atoms with E-state index in [9.17, 15) is 9.59 Å². The predicted molar refractivity (Wildman–Crippen MR) is 75.4 cm³/mol. The second kappa shape index (κ2) is 6.52. The van der Waals surface area contributed by atoms with Gasteiger partial charge in [0.25, 0.3) is 0 Å². The fourth-order valence-corrected chi connectivity index (χ4v) is 2.71. The summed E-state index contributed by atoms with van der Waals surface area (Å²) in [5.74, 6) is -1.04. The standard InChI is InChI=1S/C15H20N2O3/c16-13-7-3-6-12(13)14(18)17-9-8-10-4-1-2-5-11(10)15(19)20/h1-2,4-5,12-13H,3,6-9,16H2,(H,17,18)(H,19,20). The van der Waals surface area contributed by atoms with Crippen LogP contribution in [0.4, 0.5) is 0 Å². The lowest BCUT2D eigenvalue weighted by atomic mass is 10.0. The number of nitrogens with two attached hydrogens (primary N) is 1. The molecule has 2 unspecified atom stereocenters. The summed E-state index contributed by atoms with van der Waals surface area (Å²) in [6.07, 6.45) is 3.26. The van der Waals surface area contributed by atoms with E-state index in [4.69, 9.17) is 10.8 Å². The zero-order valence-electron chi connectivity index (χ0n) is 11.3. The maximum absolute atomic E-state index is 12.0. The van der Waals surface area contributed by atoms with Crippen LogP contribution in [0.5, 0.6) is 0 Å². The van der Waals surface area contributed by atoms with Crippen molar-refractivity contribution in [3.63, 3.8) is 0 Å². The second-order valence-corrected chi connectivity index (χ2v) is 5.20. The quantitative estimate of drug-likeness (QED) is 0.752. The van der Waals surface area contributed by atoms with E-state index in [-0.39, 0.29) is 17.9 Å². The Balaban J connectivity index is 1.87. The molecule has 1 aliphatic rings. The van der Waals surface area contributed by atoms with Gasteiger partial charge >= 0.3 is 5.97 Å². The molecule has 0 aliphatic heterocycles. The largest absolute Gasteiger partial charge is 0.478 e. The van der Waals surface area contributed by atoms with Gasteiger partial charge in [-0.25, -0.2) is 4.79 Å². The smallest absolute Gasteiger partial charge is 0.335 e. The number of hydrogen-bond donors (Lipinski definition) is 3. The molecule has 0 saturated heterocycles. The molecule has 0 spiro atoms. The molecule has 0 heterocycles. The minimum absolute atomic E-state index is 0.0113. The molecule has 1 aromatic rings. The Kier molecular flexibility index (Phi) is 4.74. The molecule has 2 atom stereocenters. The summed E-state index contributed by atoms with van der Waals surface area (Å²) in [5, 5.41) is 11.9. The van der Waals surface area contributed by atoms with Gasteiger partial charge in [-0.2, -0.15) is 0 Å². The molecule has 1 aromatic carbocycles. The van der Waals surface area contributed by atoms with E-state index in [0.29, 0.717) is 18.5 Å². The molecule has 0 bridgehead atoms. The third-order valence-electron chi connectivity index (χ3n) is 3.85. The molecule has 5 heteroatoms. The summed E-state index contributed by atoms with van der Waals surface area (Å²) >= 11 is 0. The number of aromatic carboxylic acids is 1. The van der Waals surface area contributed by atoms with Crippen molar-refractivity contribution in [2.45, 2.75) is 31.7 Å². The Labute approximate surface area is 118 Å². The summed E-state index contributed by atoms with van der Waals surface area (Å²) in [6.45, 7) is 0.437. The van der Waals surface area contributed by atoms with Crippen LogP contribution in [0.2, 0.25) is 0 Å². The van der Waals surface area contributed by atoms with Crippen molar-refractivity contribution in [3.05, 3.63) is 35.4 Å². The van der Waals surface area contributed by atoms with Crippen LogP contribution in [0, 0.1) is 5.92 Å². The van der Waals surface area contributed by atoms with Gasteiger partial charge in [-0.1, -0.05) is 24.6 Å². The van der Waals surface area contributed by atoms with E-state index in [1.807, 2.05) is 0 Å². The zero-order chi connectivity index (χ0) is 14.5. The van der Waals surface area contributed by atoms with Gasteiger partial charge in [-0.15, -0.1) is 0 Å². The monoisotopic (exact) mass is 276 g/mol. The molecule has 0 aromatic heterocycles. The molecule has 20 heavy (non-hydrogen) atoms. The van der Waals surface area contributed by atoms with Gasteiger partial charge in [0.05, 0.1) is 11.5 Å². The Bertz CT molecular complexity index is 502. The topological polar surface area (TPSA) is 92.4 Å². The third-order valence-corrected chi connectivity index (χ3v) is 3.85. The lowest BCUT2D eigenvalue weighted by Crippen LogP contribution is -2.39. The number of benzene rings is 1. The highest BCUT2D eigenvalue weighted by molar-refractivity contribution is 5.89. The molecule has 1 aliphatic carbocycles. The summed E-state index contributed by atoms with van der Waals surface area (Å²) in [5.41, 5.74) is 6.91. The molecule has 1 fully saturated rings. The summed E-state index contributed by atoms with van der Waals surface area (Å²) in [6, 6.07) is 6.81. The Morgan fingerprint density at radius 1 is 1.30 bits per heavy atom. The number of carboxylic acids is 1. The highest BCUT2D eigenvalue weighted by Gasteiger charge is 2.29. The Morgan fingerprint density at radius 2 is 2.05 bits per heavy atom. The van der Waals surface area contributed by atoms with Gasteiger partial charge in [0.15, 0.2) is 0 Å². The van der Waals surface area contributed by atoms with E-state index in [2.05, 4.69) is 5.32 Å². The van der Waals surface area contributed by atoms with Crippen LogP contribution >= 0.6 is 0 Å². The number of rotatable bonds is 5. The summed E-state index contributed by atoms with van der Waals surface area (Å²) in [4.78, 5) is 23.0. The predicted octanol–water partition coefficient (Wildman–Crippen LogP) is 1.17. The fourth-order valence-electron chi connectivity index (χ4n) is 2.71. The van der Waals surface area contributed by atoms with Crippen LogP contribution in [0.1, 0.15) is 35.2 Å². The van der Waals surface area contributed by atoms with Crippen LogP contribution in [0.25, 0.3) is 0 Å². The third kappa shape index (κ3) is 3.36. The van der Waals surface area contributed by atoms with Gasteiger partial charge in [0, 0.05) is 12.6 Å². The van der Waals surface area contributed by atoms with Gasteiger partial charge < -0.3 is 16.2 Å². The van der Waals surface area contributed by atoms with Crippen LogP contribution in [0.15, 0.2) is 24.3 Å². The molecular weight excluding hydrogens is 256 g/mol. The van der Waals surface area contributed by atoms with Crippen molar-refractivity contribution in [2.75, 3.05) is 6.54 Å². The van der Waals surface area contributed by atoms with E-state index >= 15 is 0 Å². The number of nitrogens with one attached hydrogen (secondary N) is 1. The van der Waals surface area contributed by atoms with E-state index in [0.717, 1.165) is 24.8 Å². The molecular formula is C15H20N2O3. The SMILES string of the molecule is NC1CCCC1C(=O)NCCc1ccccc1C(=O)O. The number of carboxylic acid groups (broad SMARTS) is 1. The van der Waals surface area contributed by atoms with Crippen molar-refractivity contribution >= 4 is 11.9 Å². The first-order chi connectivity index (χ1) is 9.59. The minimum atomic E-state index is -0.940. The lowest BCUT2D eigenvalue weighted by Gasteiger charge is -2.15. The van der Waals surface area contributed by atoms with E-state index < -0.39 is 5.97 Å². The number of amides is 1. The van der Waals surface area contributed by atoms with Crippen molar-refractivity contribution in [3.8, 4) is 0 Å². The maximum atomic E-state index is 12.0. The Hall–Kier alpha value is -1.88. The number of carbonyl (C=O) groups excluding carboxylic acids is 1. The van der Waals surface area contributed by atoms with Crippen molar-refractivity contribution in [1.29, 1.82) is 0 Å². The number of carbonyl (C=O) groups is 2. The molecule has 108 valence electrons. The van der Waals surface area contributed by atoms with Gasteiger partial charge in [0.2, 0.25) is 5.91 Å². The average molecular weight is 276 g/mol. The van der Waals surface area contributed by atoms with Crippen molar-refractivity contribution in [1.82, 2.24) is 5.32 Å². The number of hydrogen-bond acceptors (Lipinski definition) is 3. The maximum Gasteiger partial charge on any atom is 0.335 e. The van der Waals surface area contributed by atoms with Crippen LogP contribution in [0.3, 0.4) is 0 Å². The highest BCUT2D eigenvalue weighted by atomic mass is 16.4. The first kappa shape index (κ1) is 14.5. The molecule has 2 rings (SSSR count). The lowest BCUT2D eigenvalue weighted by molar-refractivity contribution is -0.125. The first-order valence-electron chi connectivity index (χ1n) is 6.94. The van der Waals surface area contributed by atoms with E-state index in [1.165, 1.54) is 0 Å². The normalized spacial score (nSPS) is 21.6. The van der Waals surface area contributed by atoms with Crippen LogP contribution in [-0.4, -0.2) is 29.6 Å². The van der Waals surface area contributed by atoms with E-state index in [1.54, 1.807) is 24.3 Å². The molecule has 4 N–H and O–H groups in total. The fraction of sp³-hybridized carbons (Fsp3) is 0.467.